The van der Waals surface area contributed by atoms with Crippen molar-refractivity contribution in [2.24, 2.45) is 0 Å². The van der Waals surface area contributed by atoms with Crippen molar-refractivity contribution in [3.8, 4) is 0 Å². The van der Waals surface area contributed by atoms with Gasteiger partial charge in [-0.05, 0) is 18.1 Å². The average molecular weight is 206 g/mol. The minimum Gasteiger partial charge on any atom is -0.264 e. The van der Waals surface area contributed by atoms with Crippen LogP contribution in [-0.2, 0) is 14.8 Å². The summed E-state index contributed by atoms with van der Waals surface area (Å²) in [4.78, 5) is 3.85. The molecule has 0 aliphatic rings. The Kier molecular flexibility index (Phi) is 2.69. The van der Waals surface area contributed by atoms with Gasteiger partial charge in [0.05, 0.1) is 5.75 Å². The Hall–Kier alpha value is -0.610. The molecule has 0 aliphatic heterocycles. The van der Waals surface area contributed by atoms with Gasteiger partial charge in [0.25, 0.3) is 0 Å². The number of nitrogens with zero attached hydrogens (tertiary/aromatic N) is 1. The fourth-order valence-electron chi connectivity index (χ4n) is 0.896. The molecule has 0 saturated carbocycles. The minimum absolute atomic E-state index is 0.163. The van der Waals surface area contributed by atoms with Crippen LogP contribution in [0.2, 0.25) is 0 Å². The molecule has 0 aliphatic carbocycles. The highest BCUT2D eigenvalue weighted by molar-refractivity contribution is 8.13. The highest BCUT2D eigenvalue weighted by Crippen LogP contribution is 2.09. The Balaban J connectivity index is 2.91. The number of halogens is 1. The molecule has 0 aromatic carbocycles. The topological polar surface area (TPSA) is 47.0 Å². The summed E-state index contributed by atoms with van der Waals surface area (Å²) in [5.41, 5.74) is 1.54. The number of aromatic nitrogens is 1. The van der Waals surface area contributed by atoms with Gasteiger partial charge in [0.2, 0.25) is 9.05 Å². The van der Waals surface area contributed by atoms with Crippen LogP contribution in [0.1, 0.15) is 11.1 Å². The van der Waals surface area contributed by atoms with E-state index in [0.717, 1.165) is 5.56 Å². The zero-order valence-electron chi connectivity index (χ0n) is 6.49. The Bertz CT molecular complexity index is 375. The van der Waals surface area contributed by atoms with Crippen molar-refractivity contribution < 1.29 is 8.42 Å². The molecule has 1 rings (SSSR count). The van der Waals surface area contributed by atoms with Crippen LogP contribution in [0.5, 0.6) is 0 Å². The molecule has 12 heavy (non-hydrogen) atoms. The summed E-state index contributed by atoms with van der Waals surface area (Å²) in [6, 6.07) is 1.74. The van der Waals surface area contributed by atoms with E-state index in [0.29, 0.717) is 5.56 Å². The van der Waals surface area contributed by atoms with Crippen molar-refractivity contribution in [3.63, 3.8) is 0 Å². The fraction of sp³-hybridized carbons (Fsp3) is 0.286. The first-order chi connectivity index (χ1) is 5.47. The third kappa shape index (κ3) is 3.19. The van der Waals surface area contributed by atoms with E-state index in [4.69, 9.17) is 10.7 Å². The molecule has 0 amide bonds. The second kappa shape index (κ2) is 3.41. The molecule has 0 saturated heterocycles. The van der Waals surface area contributed by atoms with Crippen molar-refractivity contribution in [2.45, 2.75) is 12.7 Å². The summed E-state index contributed by atoms with van der Waals surface area (Å²) < 4.78 is 21.3. The zero-order chi connectivity index (χ0) is 9.19. The van der Waals surface area contributed by atoms with Crippen LogP contribution in [0.25, 0.3) is 0 Å². The smallest absolute Gasteiger partial charge is 0.236 e. The Labute approximate surface area is 75.8 Å². The van der Waals surface area contributed by atoms with E-state index >= 15 is 0 Å². The van der Waals surface area contributed by atoms with Crippen LogP contribution in [-0.4, -0.2) is 13.4 Å². The van der Waals surface area contributed by atoms with Crippen molar-refractivity contribution in [2.75, 3.05) is 0 Å². The summed E-state index contributed by atoms with van der Waals surface area (Å²) in [5, 5.41) is 0. The summed E-state index contributed by atoms with van der Waals surface area (Å²) in [6.45, 7) is 1.84. The fourth-order valence-corrected chi connectivity index (χ4v) is 1.83. The molecule has 0 unspecified atom stereocenters. The maximum atomic E-state index is 10.6. The van der Waals surface area contributed by atoms with Crippen LogP contribution in [0.3, 0.4) is 0 Å². The summed E-state index contributed by atoms with van der Waals surface area (Å²) in [6.07, 6.45) is 3.15. The average Bonchev–Trinajstić information content (AvgIpc) is 1.82. The van der Waals surface area contributed by atoms with Crippen LogP contribution in [0.15, 0.2) is 18.5 Å². The monoisotopic (exact) mass is 205 g/mol. The van der Waals surface area contributed by atoms with Crippen LogP contribution >= 0.6 is 10.7 Å². The molecule has 0 bridgehead atoms. The predicted molar refractivity (Wildman–Crippen MR) is 47.5 cm³/mol. The van der Waals surface area contributed by atoms with Gasteiger partial charge < -0.3 is 0 Å². The summed E-state index contributed by atoms with van der Waals surface area (Å²) in [5.74, 6) is -0.163. The number of rotatable bonds is 2. The molecular formula is C7H8ClNO2S. The quantitative estimate of drug-likeness (QED) is 0.687. The van der Waals surface area contributed by atoms with E-state index in [1.807, 2.05) is 6.92 Å². The highest BCUT2D eigenvalue weighted by Gasteiger charge is 2.06. The molecule has 0 radical (unpaired) electrons. The van der Waals surface area contributed by atoms with Gasteiger partial charge in [-0.1, -0.05) is 6.07 Å². The van der Waals surface area contributed by atoms with Gasteiger partial charge in [-0.15, -0.1) is 0 Å². The molecule has 0 fully saturated rings. The van der Waals surface area contributed by atoms with Crippen molar-refractivity contribution >= 4 is 19.7 Å². The van der Waals surface area contributed by atoms with Gasteiger partial charge >= 0.3 is 0 Å². The van der Waals surface area contributed by atoms with Gasteiger partial charge in [0, 0.05) is 23.1 Å². The molecule has 0 N–H and O–H groups in total. The lowest BCUT2D eigenvalue weighted by Crippen LogP contribution is -1.95. The Morgan fingerprint density at radius 1 is 1.50 bits per heavy atom. The normalized spacial score (nSPS) is 11.5. The van der Waals surface area contributed by atoms with E-state index < -0.39 is 9.05 Å². The first kappa shape index (κ1) is 9.48. The van der Waals surface area contributed by atoms with Crippen LogP contribution in [0, 0.1) is 6.92 Å². The molecule has 0 spiro atoms. The van der Waals surface area contributed by atoms with E-state index in [1.54, 1.807) is 12.3 Å². The molecule has 0 atom stereocenters. The maximum absolute atomic E-state index is 10.6. The molecule has 1 heterocycles. The molecule has 66 valence electrons. The highest BCUT2D eigenvalue weighted by atomic mass is 35.7. The first-order valence-electron chi connectivity index (χ1n) is 3.30. The molecule has 1 aromatic rings. The number of pyridine rings is 1. The SMILES string of the molecule is Cc1cncc(CS(=O)(=O)Cl)c1. The standard InChI is InChI=1S/C7H8ClNO2S/c1-6-2-7(4-9-3-6)5-12(8,10)11/h2-4H,5H2,1H3. The molecular weight excluding hydrogens is 198 g/mol. The largest absolute Gasteiger partial charge is 0.264 e. The minimum atomic E-state index is -3.46. The van der Waals surface area contributed by atoms with E-state index in [1.165, 1.54) is 6.20 Å². The summed E-state index contributed by atoms with van der Waals surface area (Å²) in [7, 11) is 1.60. The van der Waals surface area contributed by atoms with E-state index in [2.05, 4.69) is 4.98 Å². The number of hydrogen-bond donors (Lipinski definition) is 0. The van der Waals surface area contributed by atoms with E-state index in [9.17, 15) is 8.42 Å². The zero-order valence-corrected chi connectivity index (χ0v) is 8.06. The lowest BCUT2D eigenvalue weighted by molar-refractivity contribution is 0.609. The first-order valence-corrected chi connectivity index (χ1v) is 5.78. The van der Waals surface area contributed by atoms with Gasteiger partial charge in [-0.2, -0.15) is 0 Å². The van der Waals surface area contributed by atoms with Crippen LogP contribution in [0.4, 0.5) is 0 Å². The third-order valence-electron chi connectivity index (χ3n) is 1.27. The van der Waals surface area contributed by atoms with Gasteiger partial charge in [0.1, 0.15) is 0 Å². The second-order valence-electron chi connectivity index (χ2n) is 2.55. The molecule has 1 aromatic heterocycles. The Morgan fingerprint density at radius 3 is 2.67 bits per heavy atom. The third-order valence-corrected chi connectivity index (χ3v) is 2.28. The number of hydrogen-bond acceptors (Lipinski definition) is 3. The van der Waals surface area contributed by atoms with Gasteiger partial charge in [-0.3, -0.25) is 4.98 Å². The van der Waals surface area contributed by atoms with Gasteiger partial charge in [0.15, 0.2) is 0 Å². The second-order valence-corrected chi connectivity index (χ2v) is 5.33. The maximum Gasteiger partial charge on any atom is 0.236 e. The predicted octanol–water partition coefficient (Wildman–Crippen LogP) is 1.46. The van der Waals surface area contributed by atoms with Gasteiger partial charge in [-0.25, -0.2) is 8.42 Å². The lowest BCUT2D eigenvalue weighted by atomic mass is 10.2. The van der Waals surface area contributed by atoms with Crippen LogP contribution < -0.4 is 0 Å². The molecule has 5 heteroatoms. The number of aryl methyl sites for hydroxylation is 1. The van der Waals surface area contributed by atoms with E-state index in [-0.39, 0.29) is 5.75 Å². The summed E-state index contributed by atoms with van der Waals surface area (Å²) >= 11 is 0. The van der Waals surface area contributed by atoms with Crippen molar-refractivity contribution in [3.05, 3.63) is 29.6 Å². The lowest BCUT2D eigenvalue weighted by Gasteiger charge is -1.97. The van der Waals surface area contributed by atoms with Crippen molar-refractivity contribution in [1.82, 2.24) is 4.98 Å². The Morgan fingerprint density at radius 2 is 2.17 bits per heavy atom. The molecule has 3 nitrogen and oxygen atoms in total. The van der Waals surface area contributed by atoms with Crippen molar-refractivity contribution in [1.29, 1.82) is 0 Å².